The van der Waals surface area contributed by atoms with Gasteiger partial charge in [0.2, 0.25) is 5.89 Å². The van der Waals surface area contributed by atoms with Crippen LogP contribution >= 0.6 is 0 Å². The van der Waals surface area contributed by atoms with Gasteiger partial charge in [-0.1, -0.05) is 5.16 Å². The maximum Gasteiger partial charge on any atom is 0.227 e. The second kappa shape index (κ2) is 5.32. The normalized spacial score (nSPS) is 10.6. The summed E-state index contributed by atoms with van der Waals surface area (Å²) in [5.74, 6) is 1.43. The average molecular weight is 219 g/mol. The molecule has 2 aromatic rings. The van der Waals surface area contributed by atoms with E-state index in [0.29, 0.717) is 5.89 Å². The largest absolute Gasteiger partial charge is 0.340 e. The maximum atomic E-state index is 4.88. The molecule has 6 heteroatoms. The minimum absolute atomic E-state index is 0.645. The van der Waals surface area contributed by atoms with Gasteiger partial charge in [-0.25, -0.2) is 9.97 Å². The molecule has 2 rings (SSSR count). The van der Waals surface area contributed by atoms with E-state index in [4.69, 9.17) is 4.52 Å². The lowest BCUT2D eigenvalue weighted by Crippen LogP contribution is -2.17. The first-order chi connectivity index (χ1) is 7.84. The van der Waals surface area contributed by atoms with Gasteiger partial charge in [0.05, 0.1) is 5.69 Å². The molecule has 0 aliphatic heterocycles. The highest BCUT2D eigenvalue weighted by Gasteiger charge is 1.99. The van der Waals surface area contributed by atoms with E-state index in [-0.39, 0.29) is 0 Å². The zero-order chi connectivity index (χ0) is 11.2. The van der Waals surface area contributed by atoms with Gasteiger partial charge < -0.3 is 9.84 Å². The Morgan fingerprint density at radius 1 is 1.38 bits per heavy atom. The summed E-state index contributed by atoms with van der Waals surface area (Å²) >= 11 is 0. The van der Waals surface area contributed by atoms with E-state index in [0.717, 1.165) is 31.0 Å². The minimum Gasteiger partial charge on any atom is -0.340 e. The second-order valence-electron chi connectivity index (χ2n) is 3.36. The molecule has 84 valence electrons. The van der Waals surface area contributed by atoms with E-state index in [9.17, 15) is 0 Å². The molecule has 0 aliphatic rings. The van der Waals surface area contributed by atoms with Crippen molar-refractivity contribution in [2.45, 2.75) is 19.9 Å². The lowest BCUT2D eigenvalue weighted by molar-refractivity contribution is 0.374. The molecule has 2 heterocycles. The van der Waals surface area contributed by atoms with E-state index in [1.807, 2.05) is 13.0 Å². The third-order valence-electron chi connectivity index (χ3n) is 2.06. The van der Waals surface area contributed by atoms with Gasteiger partial charge in [0, 0.05) is 25.7 Å². The van der Waals surface area contributed by atoms with Gasteiger partial charge in [-0.15, -0.1) is 0 Å². The van der Waals surface area contributed by atoms with Gasteiger partial charge in [0.1, 0.15) is 5.82 Å². The van der Waals surface area contributed by atoms with Gasteiger partial charge in [-0.2, -0.15) is 4.98 Å². The monoisotopic (exact) mass is 219 g/mol. The third-order valence-corrected chi connectivity index (χ3v) is 2.06. The fourth-order valence-electron chi connectivity index (χ4n) is 1.32. The summed E-state index contributed by atoms with van der Waals surface area (Å²) in [4.78, 5) is 12.3. The number of hydrogen-bond acceptors (Lipinski definition) is 6. The molecular formula is C10H13N5O. The molecule has 0 radical (unpaired) electrons. The van der Waals surface area contributed by atoms with E-state index in [1.165, 1.54) is 6.33 Å². The number of aromatic nitrogens is 4. The summed E-state index contributed by atoms with van der Waals surface area (Å²) < 4.78 is 4.88. The molecule has 0 saturated carbocycles. The van der Waals surface area contributed by atoms with Crippen molar-refractivity contribution in [2.75, 3.05) is 6.54 Å². The minimum atomic E-state index is 0.645. The quantitative estimate of drug-likeness (QED) is 0.738. The first-order valence-electron chi connectivity index (χ1n) is 5.09. The Bertz CT molecular complexity index is 429. The molecule has 1 N–H and O–H groups in total. The SMILES string of the molecule is Cc1nccc(CNCCc2ncno2)n1. The van der Waals surface area contributed by atoms with Crippen LogP contribution in [0.5, 0.6) is 0 Å². The molecule has 0 bridgehead atoms. The van der Waals surface area contributed by atoms with Crippen LogP contribution in [0.3, 0.4) is 0 Å². The predicted molar refractivity (Wildman–Crippen MR) is 56.5 cm³/mol. The number of hydrogen-bond donors (Lipinski definition) is 1. The van der Waals surface area contributed by atoms with Gasteiger partial charge in [0.15, 0.2) is 6.33 Å². The number of aryl methyl sites for hydroxylation is 1. The summed E-state index contributed by atoms with van der Waals surface area (Å²) in [5.41, 5.74) is 0.984. The zero-order valence-electron chi connectivity index (χ0n) is 9.05. The molecule has 2 aromatic heterocycles. The van der Waals surface area contributed by atoms with Gasteiger partial charge in [-0.05, 0) is 13.0 Å². The first-order valence-corrected chi connectivity index (χ1v) is 5.09. The molecule has 0 saturated heterocycles. The van der Waals surface area contributed by atoms with Crippen LogP contribution in [-0.4, -0.2) is 26.7 Å². The Labute approximate surface area is 93.1 Å². The van der Waals surface area contributed by atoms with Crippen molar-refractivity contribution in [3.63, 3.8) is 0 Å². The van der Waals surface area contributed by atoms with Crippen LogP contribution < -0.4 is 5.32 Å². The standard InChI is InChI=1S/C10H13N5O/c1-8-12-5-2-9(15-8)6-11-4-3-10-13-7-14-16-10/h2,5,7,11H,3-4,6H2,1H3. The number of rotatable bonds is 5. The van der Waals surface area contributed by atoms with Gasteiger partial charge in [-0.3, -0.25) is 0 Å². The van der Waals surface area contributed by atoms with E-state index >= 15 is 0 Å². The molecule has 0 aliphatic carbocycles. The van der Waals surface area contributed by atoms with Crippen LogP contribution in [-0.2, 0) is 13.0 Å². The van der Waals surface area contributed by atoms with Crippen molar-refractivity contribution in [1.29, 1.82) is 0 Å². The molecule has 0 spiro atoms. The van der Waals surface area contributed by atoms with Crippen molar-refractivity contribution < 1.29 is 4.52 Å². The van der Waals surface area contributed by atoms with Gasteiger partial charge >= 0.3 is 0 Å². The molecule has 0 atom stereocenters. The maximum absolute atomic E-state index is 4.88. The Kier molecular flexibility index (Phi) is 3.55. The van der Waals surface area contributed by atoms with Crippen LogP contribution in [0, 0.1) is 6.92 Å². The van der Waals surface area contributed by atoms with Crippen molar-refractivity contribution in [3.05, 3.63) is 36.0 Å². The highest BCUT2D eigenvalue weighted by Crippen LogP contribution is 1.95. The fraction of sp³-hybridized carbons (Fsp3) is 0.400. The Hall–Kier alpha value is -1.82. The number of nitrogens with zero attached hydrogens (tertiary/aromatic N) is 4. The van der Waals surface area contributed by atoms with Crippen molar-refractivity contribution in [3.8, 4) is 0 Å². The fourth-order valence-corrected chi connectivity index (χ4v) is 1.32. The zero-order valence-corrected chi connectivity index (χ0v) is 9.05. The van der Waals surface area contributed by atoms with E-state index in [2.05, 4.69) is 25.4 Å². The summed E-state index contributed by atoms with van der Waals surface area (Å²) in [5, 5.41) is 6.79. The molecule has 0 fully saturated rings. The first kappa shape index (κ1) is 10.7. The molecule has 0 aromatic carbocycles. The molecule has 0 unspecified atom stereocenters. The lowest BCUT2D eigenvalue weighted by atomic mass is 10.3. The third kappa shape index (κ3) is 3.09. The Balaban J connectivity index is 1.72. The lowest BCUT2D eigenvalue weighted by Gasteiger charge is -2.02. The molecular weight excluding hydrogens is 206 g/mol. The Morgan fingerprint density at radius 2 is 2.31 bits per heavy atom. The predicted octanol–water partition coefficient (Wildman–Crippen LogP) is 0.500. The smallest absolute Gasteiger partial charge is 0.227 e. The summed E-state index contributed by atoms with van der Waals surface area (Å²) in [6.07, 6.45) is 3.89. The summed E-state index contributed by atoms with van der Waals surface area (Å²) in [6, 6.07) is 1.90. The molecule has 0 amide bonds. The van der Waals surface area contributed by atoms with Crippen LogP contribution in [0.2, 0.25) is 0 Å². The van der Waals surface area contributed by atoms with Crippen molar-refractivity contribution in [2.24, 2.45) is 0 Å². The Morgan fingerprint density at radius 3 is 3.06 bits per heavy atom. The average Bonchev–Trinajstić information content (AvgIpc) is 2.77. The van der Waals surface area contributed by atoms with Crippen molar-refractivity contribution in [1.82, 2.24) is 25.4 Å². The van der Waals surface area contributed by atoms with Gasteiger partial charge in [0.25, 0.3) is 0 Å². The molecule has 6 nitrogen and oxygen atoms in total. The number of nitrogens with one attached hydrogen (secondary N) is 1. The second-order valence-corrected chi connectivity index (χ2v) is 3.36. The topological polar surface area (TPSA) is 76.7 Å². The van der Waals surface area contributed by atoms with E-state index < -0.39 is 0 Å². The van der Waals surface area contributed by atoms with Crippen LogP contribution in [0.25, 0.3) is 0 Å². The molecule has 16 heavy (non-hydrogen) atoms. The van der Waals surface area contributed by atoms with Crippen LogP contribution in [0.4, 0.5) is 0 Å². The summed E-state index contributed by atoms with van der Waals surface area (Å²) in [7, 11) is 0. The van der Waals surface area contributed by atoms with Crippen LogP contribution in [0.15, 0.2) is 23.1 Å². The highest BCUT2D eigenvalue weighted by atomic mass is 16.5. The van der Waals surface area contributed by atoms with E-state index in [1.54, 1.807) is 6.20 Å². The van der Waals surface area contributed by atoms with Crippen molar-refractivity contribution >= 4 is 0 Å². The highest BCUT2D eigenvalue weighted by molar-refractivity contribution is 5.00. The summed E-state index contributed by atoms with van der Waals surface area (Å²) in [6.45, 7) is 3.38. The van der Waals surface area contributed by atoms with Crippen LogP contribution in [0.1, 0.15) is 17.4 Å².